The molecule has 0 aliphatic rings. The number of halogens is 1. The fourth-order valence-corrected chi connectivity index (χ4v) is 2.38. The van der Waals surface area contributed by atoms with Gasteiger partial charge in [0.2, 0.25) is 0 Å². The van der Waals surface area contributed by atoms with E-state index in [0.29, 0.717) is 5.56 Å². The van der Waals surface area contributed by atoms with E-state index in [1.165, 1.54) is 0 Å². The van der Waals surface area contributed by atoms with E-state index in [9.17, 15) is 4.79 Å². The van der Waals surface area contributed by atoms with Crippen molar-refractivity contribution in [3.05, 3.63) is 58.7 Å². The molecule has 0 radical (unpaired) electrons. The maximum Gasteiger partial charge on any atom is 0.256 e. The zero-order valence-electron chi connectivity index (χ0n) is 9.85. The molecule has 2 aromatic carbocycles. The first-order valence-electron chi connectivity index (χ1n) is 5.73. The number of hydrogen-bond acceptors (Lipinski definition) is 2. The number of H-pyrrole nitrogens is 1. The minimum absolute atomic E-state index is 0.152. The van der Waals surface area contributed by atoms with Gasteiger partial charge in [-0.1, -0.05) is 18.2 Å². The number of aromatic nitrogens is 2. The van der Waals surface area contributed by atoms with Gasteiger partial charge in [0.25, 0.3) is 5.91 Å². The van der Waals surface area contributed by atoms with Crippen molar-refractivity contribution in [2.45, 2.75) is 0 Å². The van der Waals surface area contributed by atoms with Gasteiger partial charge in [0.1, 0.15) is 0 Å². The second-order valence-electron chi connectivity index (χ2n) is 4.07. The zero-order valence-corrected chi connectivity index (χ0v) is 11.4. The van der Waals surface area contributed by atoms with Crippen LogP contribution in [0.15, 0.2) is 53.1 Å². The molecule has 3 rings (SSSR count). The van der Waals surface area contributed by atoms with Crippen LogP contribution in [0.3, 0.4) is 0 Å². The van der Waals surface area contributed by atoms with Crippen LogP contribution in [-0.4, -0.2) is 16.1 Å². The van der Waals surface area contributed by atoms with Gasteiger partial charge in [0.05, 0.1) is 23.0 Å². The van der Waals surface area contributed by atoms with Crippen molar-refractivity contribution in [3.63, 3.8) is 0 Å². The monoisotopic (exact) mass is 315 g/mol. The second-order valence-corrected chi connectivity index (χ2v) is 4.93. The highest BCUT2D eigenvalue weighted by atomic mass is 79.9. The minimum Gasteiger partial charge on any atom is -0.321 e. The quantitative estimate of drug-likeness (QED) is 0.759. The maximum atomic E-state index is 12.2. The van der Waals surface area contributed by atoms with Crippen LogP contribution in [0, 0.1) is 0 Å². The van der Waals surface area contributed by atoms with Gasteiger partial charge >= 0.3 is 0 Å². The van der Waals surface area contributed by atoms with Gasteiger partial charge in [-0.15, -0.1) is 0 Å². The van der Waals surface area contributed by atoms with Gasteiger partial charge < -0.3 is 5.32 Å². The van der Waals surface area contributed by atoms with Crippen molar-refractivity contribution in [2.24, 2.45) is 0 Å². The number of benzene rings is 2. The van der Waals surface area contributed by atoms with Gasteiger partial charge in [-0.2, -0.15) is 5.10 Å². The van der Waals surface area contributed by atoms with E-state index < -0.39 is 0 Å². The molecular formula is C14H10BrN3O. The summed E-state index contributed by atoms with van der Waals surface area (Å²) >= 11 is 3.37. The number of rotatable bonds is 2. The van der Waals surface area contributed by atoms with Crippen LogP contribution >= 0.6 is 15.9 Å². The lowest BCUT2D eigenvalue weighted by Gasteiger charge is -2.07. The van der Waals surface area contributed by atoms with Crippen molar-refractivity contribution in [1.82, 2.24) is 10.2 Å². The smallest absolute Gasteiger partial charge is 0.256 e. The Hall–Kier alpha value is -2.14. The zero-order chi connectivity index (χ0) is 13.2. The van der Waals surface area contributed by atoms with Crippen LogP contribution in [0.5, 0.6) is 0 Å². The normalized spacial score (nSPS) is 10.6. The molecule has 3 aromatic rings. The third-order valence-corrected chi connectivity index (χ3v) is 3.54. The lowest BCUT2D eigenvalue weighted by Crippen LogP contribution is -2.12. The molecule has 0 fully saturated rings. The fourth-order valence-electron chi connectivity index (χ4n) is 1.91. The van der Waals surface area contributed by atoms with Gasteiger partial charge in [0, 0.05) is 9.86 Å². The average molecular weight is 316 g/mol. The Morgan fingerprint density at radius 1 is 1.16 bits per heavy atom. The Labute approximate surface area is 118 Å². The summed E-state index contributed by atoms with van der Waals surface area (Å²) in [5.41, 5.74) is 2.24. The van der Waals surface area contributed by atoms with E-state index in [2.05, 4.69) is 31.4 Å². The number of carbonyl (C=O) groups is 1. The molecule has 1 aromatic heterocycles. The lowest BCUT2D eigenvalue weighted by atomic mass is 10.2. The predicted octanol–water partition coefficient (Wildman–Crippen LogP) is 3.58. The summed E-state index contributed by atoms with van der Waals surface area (Å²) in [7, 11) is 0. The highest BCUT2D eigenvalue weighted by Gasteiger charge is 2.11. The van der Waals surface area contributed by atoms with Crippen molar-refractivity contribution in [3.8, 4) is 0 Å². The van der Waals surface area contributed by atoms with Gasteiger partial charge in [-0.3, -0.25) is 9.89 Å². The van der Waals surface area contributed by atoms with Crippen molar-refractivity contribution < 1.29 is 4.79 Å². The first-order valence-corrected chi connectivity index (χ1v) is 6.53. The van der Waals surface area contributed by atoms with E-state index in [4.69, 9.17) is 0 Å². The van der Waals surface area contributed by atoms with Crippen LogP contribution in [0.1, 0.15) is 10.4 Å². The van der Waals surface area contributed by atoms with E-state index >= 15 is 0 Å². The van der Waals surface area contributed by atoms with Crippen LogP contribution in [0.25, 0.3) is 10.9 Å². The molecule has 94 valence electrons. The second kappa shape index (κ2) is 4.85. The van der Waals surface area contributed by atoms with Gasteiger partial charge in [-0.25, -0.2) is 0 Å². The first-order chi connectivity index (χ1) is 9.25. The first kappa shape index (κ1) is 11.9. The molecule has 4 nitrogen and oxygen atoms in total. The molecule has 0 unspecified atom stereocenters. The summed E-state index contributed by atoms with van der Waals surface area (Å²) in [5, 5.41) is 10.6. The molecule has 0 atom stereocenters. The molecule has 0 aliphatic carbocycles. The van der Waals surface area contributed by atoms with E-state index in [1.807, 2.05) is 36.4 Å². The number of fused-ring (bicyclic) bond motifs is 1. The number of nitrogens with zero attached hydrogens (tertiary/aromatic N) is 1. The van der Waals surface area contributed by atoms with Crippen LogP contribution in [0.2, 0.25) is 0 Å². The summed E-state index contributed by atoms with van der Waals surface area (Å²) in [5.74, 6) is -0.152. The van der Waals surface area contributed by atoms with Crippen LogP contribution in [-0.2, 0) is 0 Å². The Bertz CT molecular complexity index is 751. The topological polar surface area (TPSA) is 57.8 Å². The van der Waals surface area contributed by atoms with E-state index in [-0.39, 0.29) is 5.91 Å². The third-order valence-electron chi connectivity index (χ3n) is 2.85. The predicted molar refractivity (Wildman–Crippen MR) is 78.2 cm³/mol. The molecular weight excluding hydrogens is 306 g/mol. The number of aromatic amines is 1. The molecule has 1 amide bonds. The summed E-state index contributed by atoms with van der Waals surface area (Å²) in [6.45, 7) is 0. The molecule has 2 N–H and O–H groups in total. The Morgan fingerprint density at radius 3 is 2.84 bits per heavy atom. The summed E-state index contributed by atoms with van der Waals surface area (Å²) in [6, 6.07) is 13.0. The molecule has 0 saturated carbocycles. The minimum atomic E-state index is -0.152. The standard InChI is InChI=1S/C14H10BrN3O/c15-11-5-2-1-4-9(11)14(19)17-12-6-3-7-13-10(12)8-16-18-13/h1-8H,(H,16,18)(H,17,19). The van der Waals surface area contributed by atoms with Crippen molar-refractivity contribution in [2.75, 3.05) is 5.32 Å². The Balaban J connectivity index is 1.95. The summed E-state index contributed by atoms with van der Waals surface area (Å²) in [4.78, 5) is 12.2. The molecule has 5 heteroatoms. The molecule has 1 heterocycles. The SMILES string of the molecule is O=C(Nc1cccc2[nH]ncc12)c1ccccc1Br. The largest absolute Gasteiger partial charge is 0.321 e. The molecule has 0 saturated heterocycles. The highest BCUT2D eigenvalue weighted by Crippen LogP contribution is 2.23. The number of carbonyl (C=O) groups excluding carboxylic acids is 1. The van der Waals surface area contributed by atoms with Crippen molar-refractivity contribution >= 4 is 38.4 Å². The fraction of sp³-hybridized carbons (Fsp3) is 0. The average Bonchev–Trinajstić information content (AvgIpc) is 2.88. The van der Waals surface area contributed by atoms with E-state index in [1.54, 1.807) is 12.3 Å². The van der Waals surface area contributed by atoms with Crippen LogP contribution < -0.4 is 5.32 Å². The highest BCUT2D eigenvalue weighted by molar-refractivity contribution is 9.10. The Kier molecular flexibility index (Phi) is 3.05. The molecule has 19 heavy (non-hydrogen) atoms. The Morgan fingerprint density at radius 2 is 2.00 bits per heavy atom. The summed E-state index contributed by atoms with van der Waals surface area (Å²) in [6.07, 6.45) is 1.70. The molecule has 0 bridgehead atoms. The summed E-state index contributed by atoms with van der Waals surface area (Å²) < 4.78 is 0.770. The molecule has 0 spiro atoms. The van der Waals surface area contributed by atoms with Gasteiger partial charge in [-0.05, 0) is 40.2 Å². The van der Waals surface area contributed by atoms with Crippen LogP contribution in [0.4, 0.5) is 5.69 Å². The number of anilines is 1. The number of hydrogen-bond donors (Lipinski definition) is 2. The van der Waals surface area contributed by atoms with E-state index in [0.717, 1.165) is 21.1 Å². The lowest BCUT2D eigenvalue weighted by molar-refractivity contribution is 0.102. The molecule has 0 aliphatic heterocycles. The third kappa shape index (κ3) is 2.24. The number of nitrogens with one attached hydrogen (secondary N) is 2. The number of amides is 1. The maximum absolute atomic E-state index is 12.2. The van der Waals surface area contributed by atoms with Crippen molar-refractivity contribution in [1.29, 1.82) is 0 Å². The van der Waals surface area contributed by atoms with Gasteiger partial charge in [0.15, 0.2) is 0 Å².